The number of rotatable bonds is 4. The lowest BCUT2D eigenvalue weighted by molar-refractivity contribution is -0.137. The first-order valence-corrected chi connectivity index (χ1v) is 5.76. The van der Waals surface area contributed by atoms with E-state index in [1.165, 1.54) is 6.33 Å². The van der Waals surface area contributed by atoms with Crippen molar-refractivity contribution in [2.45, 2.75) is 12.6 Å². The van der Waals surface area contributed by atoms with Gasteiger partial charge in [-0.3, -0.25) is 9.89 Å². The molecule has 2 rings (SSSR count). The van der Waals surface area contributed by atoms with Gasteiger partial charge in [-0.25, -0.2) is 4.98 Å². The van der Waals surface area contributed by atoms with Crippen LogP contribution in [0.5, 0.6) is 0 Å². The van der Waals surface area contributed by atoms with E-state index in [0.717, 1.165) is 24.3 Å². The summed E-state index contributed by atoms with van der Waals surface area (Å²) in [6, 6.07) is 4.05. The van der Waals surface area contributed by atoms with Crippen molar-refractivity contribution in [2.75, 3.05) is 6.54 Å². The van der Waals surface area contributed by atoms with Crippen LogP contribution in [0.2, 0.25) is 0 Å². The molecule has 1 aromatic carbocycles. The molecule has 0 fully saturated rings. The fraction of sp³-hybridized carbons (Fsp3) is 0.250. The standard InChI is InChI=1S/C12H11F3N4O/c13-12(14,15)9-3-1-8(2-4-9)11(20)16-6-5-10-17-7-18-19-10/h1-4,7H,5-6H2,(H,16,20)(H,17,18,19). The number of benzene rings is 1. The summed E-state index contributed by atoms with van der Waals surface area (Å²) >= 11 is 0. The third kappa shape index (κ3) is 3.56. The van der Waals surface area contributed by atoms with E-state index in [1.54, 1.807) is 0 Å². The van der Waals surface area contributed by atoms with Gasteiger partial charge in [0, 0.05) is 18.5 Å². The second-order valence-corrected chi connectivity index (χ2v) is 4.01. The third-order valence-electron chi connectivity index (χ3n) is 2.59. The predicted octanol–water partition coefficient (Wildman–Crippen LogP) is 1.80. The molecule has 1 heterocycles. The van der Waals surface area contributed by atoms with Gasteiger partial charge in [0.05, 0.1) is 5.56 Å². The summed E-state index contributed by atoms with van der Waals surface area (Å²) in [6.07, 6.45) is -2.58. The van der Waals surface area contributed by atoms with Crippen molar-refractivity contribution in [2.24, 2.45) is 0 Å². The molecule has 0 aliphatic carbocycles. The van der Waals surface area contributed by atoms with Gasteiger partial charge >= 0.3 is 6.18 Å². The number of nitrogens with one attached hydrogen (secondary N) is 2. The van der Waals surface area contributed by atoms with Crippen molar-refractivity contribution in [3.05, 3.63) is 47.5 Å². The highest BCUT2D eigenvalue weighted by atomic mass is 19.4. The van der Waals surface area contributed by atoms with E-state index in [2.05, 4.69) is 20.5 Å². The predicted molar refractivity (Wildman–Crippen MR) is 63.9 cm³/mol. The Bertz CT molecular complexity index is 563. The Morgan fingerprint density at radius 3 is 2.50 bits per heavy atom. The van der Waals surface area contributed by atoms with E-state index in [9.17, 15) is 18.0 Å². The van der Waals surface area contributed by atoms with Crippen LogP contribution in [0.4, 0.5) is 13.2 Å². The van der Waals surface area contributed by atoms with Gasteiger partial charge < -0.3 is 5.32 Å². The number of aromatic amines is 1. The molecule has 0 atom stereocenters. The summed E-state index contributed by atoms with van der Waals surface area (Å²) in [5.74, 6) is 0.191. The highest BCUT2D eigenvalue weighted by Gasteiger charge is 2.30. The van der Waals surface area contributed by atoms with Gasteiger partial charge in [-0.2, -0.15) is 18.3 Å². The maximum atomic E-state index is 12.4. The maximum absolute atomic E-state index is 12.4. The summed E-state index contributed by atoms with van der Waals surface area (Å²) in [4.78, 5) is 15.6. The van der Waals surface area contributed by atoms with Crippen molar-refractivity contribution in [3.8, 4) is 0 Å². The number of aromatic nitrogens is 3. The lowest BCUT2D eigenvalue weighted by atomic mass is 10.1. The van der Waals surface area contributed by atoms with Gasteiger partial charge in [-0.15, -0.1) is 0 Å². The molecule has 1 aromatic heterocycles. The van der Waals surface area contributed by atoms with Crippen molar-refractivity contribution >= 4 is 5.91 Å². The van der Waals surface area contributed by atoms with Crippen LogP contribution in [0, 0.1) is 0 Å². The van der Waals surface area contributed by atoms with Crippen molar-refractivity contribution in [1.82, 2.24) is 20.5 Å². The lowest BCUT2D eigenvalue weighted by Crippen LogP contribution is -2.26. The topological polar surface area (TPSA) is 70.7 Å². The van der Waals surface area contributed by atoms with E-state index in [4.69, 9.17) is 0 Å². The van der Waals surface area contributed by atoms with Gasteiger partial charge in [0.1, 0.15) is 12.2 Å². The summed E-state index contributed by atoms with van der Waals surface area (Å²) < 4.78 is 37.1. The van der Waals surface area contributed by atoms with E-state index in [-0.39, 0.29) is 5.56 Å². The summed E-state index contributed by atoms with van der Waals surface area (Å²) in [7, 11) is 0. The highest BCUT2D eigenvalue weighted by Crippen LogP contribution is 2.28. The number of H-pyrrole nitrogens is 1. The summed E-state index contributed by atoms with van der Waals surface area (Å²) in [5.41, 5.74) is -0.605. The monoisotopic (exact) mass is 284 g/mol. The Morgan fingerprint density at radius 2 is 1.95 bits per heavy atom. The largest absolute Gasteiger partial charge is 0.416 e. The fourth-order valence-corrected chi connectivity index (χ4v) is 1.56. The first-order chi connectivity index (χ1) is 9.47. The van der Waals surface area contributed by atoms with Crippen LogP contribution in [0.1, 0.15) is 21.7 Å². The van der Waals surface area contributed by atoms with Crippen molar-refractivity contribution in [3.63, 3.8) is 0 Å². The van der Waals surface area contributed by atoms with Crippen LogP contribution < -0.4 is 5.32 Å². The molecule has 8 heteroatoms. The molecule has 0 bridgehead atoms. The number of amides is 1. The molecule has 20 heavy (non-hydrogen) atoms. The lowest BCUT2D eigenvalue weighted by Gasteiger charge is -2.08. The molecule has 0 saturated carbocycles. The van der Waals surface area contributed by atoms with Crippen molar-refractivity contribution < 1.29 is 18.0 Å². The average molecular weight is 284 g/mol. The number of carbonyl (C=O) groups is 1. The first kappa shape index (κ1) is 14.0. The minimum Gasteiger partial charge on any atom is -0.352 e. The second-order valence-electron chi connectivity index (χ2n) is 4.01. The molecule has 1 amide bonds. The zero-order valence-electron chi connectivity index (χ0n) is 10.2. The zero-order chi connectivity index (χ0) is 14.6. The van der Waals surface area contributed by atoms with Gasteiger partial charge in [0.15, 0.2) is 0 Å². The highest BCUT2D eigenvalue weighted by molar-refractivity contribution is 5.94. The number of nitrogens with zero attached hydrogens (tertiary/aromatic N) is 2. The zero-order valence-corrected chi connectivity index (χ0v) is 10.2. The number of carbonyl (C=O) groups excluding carboxylic acids is 1. The van der Waals surface area contributed by atoms with Gasteiger partial charge in [-0.05, 0) is 24.3 Å². The molecule has 0 aliphatic rings. The Hall–Kier alpha value is -2.38. The molecule has 0 spiro atoms. The molecular weight excluding hydrogens is 273 g/mol. The molecule has 0 radical (unpaired) electrons. The first-order valence-electron chi connectivity index (χ1n) is 5.76. The maximum Gasteiger partial charge on any atom is 0.416 e. The SMILES string of the molecule is O=C(NCCc1ncn[nH]1)c1ccc(C(F)(F)F)cc1. The van der Waals surface area contributed by atoms with Crippen LogP contribution in [-0.4, -0.2) is 27.6 Å². The number of halogens is 3. The van der Waals surface area contributed by atoms with Crippen molar-refractivity contribution in [1.29, 1.82) is 0 Å². The van der Waals surface area contributed by atoms with Crippen LogP contribution in [-0.2, 0) is 12.6 Å². The Kier molecular flexibility index (Phi) is 4.02. The van der Waals surface area contributed by atoms with Gasteiger partial charge in [0.2, 0.25) is 0 Å². The second kappa shape index (κ2) is 5.72. The molecule has 0 saturated heterocycles. The fourth-order valence-electron chi connectivity index (χ4n) is 1.56. The van der Waals surface area contributed by atoms with E-state index in [1.807, 2.05) is 0 Å². The van der Waals surface area contributed by atoms with E-state index >= 15 is 0 Å². The Morgan fingerprint density at radius 1 is 1.25 bits per heavy atom. The Balaban J connectivity index is 1.89. The number of hydrogen-bond donors (Lipinski definition) is 2. The van der Waals surface area contributed by atoms with Crippen LogP contribution in [0.15, 0.2) is 30.6 Å². The molecule has 0 unspecified atom stereocenters. The quantitative estimate of drug-likeness (QED) is 0.899. The van der Waals surface area contributed by atoms with Crippen LogP contribution in [0.25, 0.3) is 0 Å². The minimum absolute atomic E-state index is 0.176. The molecule has 2 N–H and O–H groups in total. The van der Waals surface area contributed by atoms with E-state index in [0.29, 0.717) is 18.8 Å². The van der Waals surface area contributed by atoms with Gasteiger partial charge in [-0.1, -0.05) is 0 Å². The number of hydrogen-bond acceptors (Lipinski definition) is 3. The third-order valence-corrected chi connectivity index (χ3v) is 2.59. The van der Waals surface area contributed by atoms with Crippen LogP contribution >= 0.6 is 0 Å². The number of alkyl halides is 3. The molecule has 106 valence electrons. The van der Waals surface area contributed by atoms with E-state index < -0.39 is 17.6 Å². The normalized spacial score (nSPS) is 11.3. The summed E-state index contributed by atoms with van der Waals surface area (Å²) in [6.45, 7) is 0.315. The Labute approximate surface area is 112 Å². The molecular formula is C12H11F3N4O. The van der Waals surface area contributed by atoms with Crippen LogP contribution in [0.3, 0.4) is 0 Å². The minimum atomic E-state index is -4.40. The smallest absolute Gasteiger partial charge is 0.352 e. The molecule has 5 nitrogen and oxygen atoms in total. The van der Waals surface area contributed by atoms with Gasteiger partial charge in [0.25, 0.3) is 5.91 Å². The molecule has 0 aliphatic heterocycles. The molecule has 2 aromatic rings. The average Bonchev–Trinajstić information content (AvgIpc) is 2.91. The summed E-state index contributed by atoms with van der Waals surface area (Å²) in [5, 5.41) is 8.88.